The van der Waals surface area contributed by atoms with Crippen LogP contribution in [0.15, 0.2) is 35.5 Å². The quantitative estimate of drug-likeness (QED) is 0.638. The smallest absolute Gasteiger partial charge is 0.0779 e. The molecule has 1 unspecified atom stereocenters. The van der Waals surface area contributed by atoms with Gasteiger partial charge in [-0.15, -0.1) is 0 Å². The fourth-order valence-corrected chi connectivity index (χ4v) is 4.38. The lowest BCUT2D eigenvalue weighted by molar-refractivity contribution is 0.0329. The summed E-state index contributed by atoms with van der Waals surface area (Å²) in [5, 5.41) is 10.9. The van der Waals surface area contributed by atoms with Crippen molar-refractivity contribution in [3.8, 4) is 0 Å². The van der Waals surface area contributed by atoms with Crippen LogP contribution in [0, 0.1) is 17.3 Å². The average Bonchev–Trinajstić information content (AvgIpc) is 2.73. The molecule has 2 aliphatic rings. The topological polar surface area (TPSA) is 20.2 Å². The van der Waals surface area contributed by atoms with Crippen LogP contribution in [0.2, 0.25) is 0 Å². The van der Waals surface area contributed by atoms with Gasteiger partial charge in [0.25, 0.3) is 0 Å². The molecular formula is C20H32O. The number of aliphatic hydroxyl groups is 1. The summed E-state index contributed by atoms with van der Waals surface area (Å²) >= 11 is 0. The number of rotatable bonds is 1. The SMILES string of the molecule is C=C(C)[C@@H]1CC[C@@]2(C)C1CC/C(C)=C/CC/C(C)=C/[C@H]2O. The first-order chi connectivity index (χ1) is 9.84. The Morgan fingerprint density at radius 3 is 2.62 bits per heavy atom. The minimum atomic E-state index is -0.315. The van der Waals surface area contributed by atoms with E-state index in [1.165, 1.54) is 29.6 Å². The third kappa shape index (κ3) is 3.51. The molecule has 21 heavy (non-hydrogen) atoms. The van der Waals surface area contributed by atoms with E-state index in [9.17, 15) is 5.11 Å². The van der Waals surface area contributed by atoms with Crippen molar-refractivity contribution in [1.82, 2.24) is 0 Å². The van der Waals surface area contributed by atoms with Crippen molar-refractivity contribution in [2.75, 3.05) is 0 Å². The van der Waals surface area contributed by atoms with Crippen LogP contribution in [-0.4, -0.2) is 11.2 Å². The third-order valence-corrected chi connectivity index (χ3v) is 5.96. The lowest BCUT2D eigenvalue weighted by Gasteiger charge is -2.38. The van der Waals surface area contributed by atoms with Gasteiger partial charge in [0.15, 0.2) is 0 Å². The minimum Gasteiger partial charge on any atom is -0.388 e. The van der Waals surface area contributed by atoms with Gasteiger partial charge in [0.05, 0.1) is 6.10 Å². The standard InChI is InChI=1S/C20H32O/c1-14(2)17-11-12-20(5)18(17)10-9-15(3)7-6-8-16(4)13-19(20)21/h7,13,17-19,21H,1,6,8-12H2,2-5H3/b15-7+,16-13+/t17-,18?,19+,20-/m0/s1. The maximum Gasteiger partial charge on any atom is 0.0779 e. The molecule has 4 atom stereocenters. The van der Waals surface area contributed by atoms with Crippen LogP contribution in [0.4, 0.5) is 0 Å². The number of allylic oxidation sites excluding steroid dienone is 4. The van der Waals surface area contributed by atoms with Crippen LogP contribution in [-0.2, 0) is 0 Å². The maximum absolute atomic E-state index is 10.9. The summed E-state index contributed by atoms with van der Waals surface area (Å²) in [6.07, 6.45) is 11.0. The Balaban J connectivity index is 2.35. The van der Waals surface area contributed by atoms with Crippen molar-refractivity contribution >= 4 is 0 Å². The second-order valence-corrected chi connectivity index (χ2v) is 7.69. The number of fused-ring (bicyclic) bond motifs is 1. The summed E-state index contributed by atoms with van der Waals surface area (Å²) < 4.78 is 0. The lowest BCUT2D eigenvalue weighted by atomic mass is 9.69. The maximum atomic E-state index is 10.9. The highest BCUT2D eigenvalue weighted by Crippen LogP contribution is 2.54. The van der Waals surface area contributed by atoms with Crippen molar-refractivity contribution in [3.05, 3.63) is 35.5 Å². The van der Waals surface area contributed by atoms with Gasteiger partial charge in [-0.1, -0.05) is 42.4 Å². The van der Waals surface area contributed by atoms with E-state index >= 15 is 0 Å². The van der Waals surface area contributed by atoms with Gasteiger partial charge in [-0.2, -0.15) is 0 Å². The van der Waals surface area contributed by atoms with Crippen LogP contribution in [0.25, 0.3) is 0 Å². The fourth-order valence-electron chi connectivity index (χ4n) is 4.38. The molecule has 2 aliphatic carbocycles. The van der Waals surface area contributed by atoms with Gasteiger partial charge in [-0.3, -0.25) is 0 Å². The Bertz CT molecular complexity index is 456. The van der Waals surface area contributed by atoms with E-state index < -0.39 is 0 Å². The van der Waals surface area contributed by atoms with Crippen molar-refractivity contribution in [1.29, 1.82) is 0 Å². The highest BCUT2D eigenvalue weighted by Gasteiger charge is 2.48. The predicted molar refractivity (Wildman–Crippen MR) is 91.1 cm³/mol. The molecule has 0 aromatic carbocycles. The zero-order chi connectivity index (χ0) is 15.6. The summed E-state index contributed by atoms with van der Waals surface area (Å²) in [6.45, 7) is 13.1. The van der Waals surface area contributed by atoms with Crippen molar-refractivity contribution in [2.24, 2.45) is 17.3 Å². The normalized spacial score (nSPS) is 43.0. The fraction of sp³-hybridized carbons (Fsp3) is 0.700. The zero-order valence-corrected chi connectivity index (χ0v) is 14.3. The first kappa shape index (κ1) is 16.5. The summed E-state index contributed by atoms with van der Waals surface area (Å²) in [4.78, 5) is 0. The van der Waals surface area contributed by atoms with E-state index in [4.69, 9.17) is 0 Å². The summed E-state index contributed by atoms with van der Waals surface area (Å²) in [5.74, 6) is 1.13. The average molecular weight is 288 g/mol. The van der Waals surface area contributed by atoms with E-state index in [0.717, 1.165) is 25.7 Å². The Morgan fingerprint density at radius 1 is 1.24 bits per heavy atom. The minimum absolute atomic E-state index is 0.00942. The highest BCUT2D eigenvalue weighted by molar-refractivity contribution is 5.16. The summed E-state index contributed by atoms with van der Waals surface area (Å²) in [6, 6.07) is 0. The van der Waals surface area contributed by atoms with E-state index in [2.05, 4.69) is 46.4 Å². The summed E-state index contributed by atoms with van der Waals surface area (Å²) in [5.41, 5.74) is 4.14. The number of hydrogen-bond donors (Lipinski definition) is 1. The van der Waals surface area contributed by atoms with E-state index in [1.807, 2.05) is 0 Å². The predicted octanol–water partition coefficient (Wildman–Crippen LogP) is 5.42. The van der Waals surface area contributed by atoms with Gasteiger partial charge in [-0.05, 0) is 71.1 Å². The molecule has 0 heterocycles. The first-order valence-corrected chi connectivity index (χ1v) is 8.51. The largest absolute Gasteiger partial charge is 0.388 e. The van der Waals surface area contributed by atoms with Crippen LogP contribution in [0.5, 0.6) is 0 Å². The molecule has 0 amide bonds. The van der Waals surface area contributed by atoms with E-state index in [1.54, 1.807) is 0 Å². The molecule has 1 nitrogen and oxygen atoms in total. The molecule has 0 spiro atoms. The monoisotopic (exact) mass is 288 g/mol. The Hall–Kier alpha value is -0.820. The van der Waals surface area contributed by atoms with E-state index in [-0.39, 0.29) is 11.5 Å². The summed E-state index contributed by atoms with van der Waals surface area (Å²) in [7, 11) is 0. The molecule has 118 valence electrons. The van der Waals surface area contributed by atoms with Crippen molar-refractivity contribution in [3.63, 3.8) is 0 Å². The molecule has 0 aromatic rings. The zero-order valence-electron chi connectivity index (χ0n) is 14.3. The molecule has 1 N–H and O–H groups in total. The Morgan fingerprint density at radius 2 is 1.95 bits per heavy atom. The Labute approximate surface area is 130 Å². The molecule has 1 saturated carbocycles. The van der Waals surface area contributed by atoms with Crippen molar-refractivity contribution < 1.29 is 5.11 Å². The second kappa shape index (κ2) is 6.52. The molecule has 0 aromatic heterocycles. The molecule has 1 heteroatoms. The molecule has 0 radical (unpaired) electrons. The van der Waals surface area contributed by atoms with Crippen LogP contribution in [0.3, 0.4) is 0 Å². The number of aliphatic hydroxyl groups excluding tert-OH is 1. The van der Waals surface area contributed by atoms with Gasteiger partial charge in [0, 0.05) is 5.41 Å². The third-order valence-electron chi connectivity index (χ3n) is 5.96. The van der Waals surface area contributed by atoms with Crippen LogP contribution >= 0.6 is 0 Å². The van der Waals surface area contributed by atoms with Gasteiger partial charge >= 0.3 is 0 Å². The molecule has 0 aliphatic heterocycles. The van der Waals surface area contributed by atoms with Gasteiger partial charge in [0.2, 0.25) is 0 Å². The lowest BCUT2D eigenvalue weighted by Crippen LogP contribution is -2.36. The van der Waals surface area contributed by atoms with Gasteiger partial charge in [0.1, 0.15) is 0 Å². The molecule has 2 rings (SSSR count). The molecule has 0 saturated heterocycles. The van der Waals surface area contributed by atoms with Crippen LogP contribution in [0.1, 0.15) is 66.2 Å². The van der Waals surface area contributed by atoms with Crippen molar-refractivity contribution in [2.45, 2.75) is 72.3 Å². The molecular weight excluding hydrogens is 256 g/mol. The second-order valence-electron chi connectivity index (χ2n) is 7.69. The number of hydrogen-bond acceptors (Lipinski definition) is 1. The van der Waals surface area contributed by atoms with Gasteiger partial charge < -0.3 is 5.11 Å². The van der Waals surface area contributed by atoms with Gasteiger partial charge in [-0.25, -0.2) is 0 Å². The van der Waals surface area contributed by atoms with E-state index in [0.29, 0.717) is 11.8 Å². The highest BCUT2D eigenvalue weighted by atomic mass is 16.3. The first-order valence-electron chi connectivity index (χ1n) is 8.51. The Kier molecular flexibility index (Phi) is 5.14. The van der Waals surface area contributed by atoms with Crippen LogP contribution < -0.4 is 0 Å². The molecule has 0 bridgehead atoms. The molecule has 1 fully saturated rings.